The molecule has 20 heavy (non-hydrogen) atoms. The Morgan fingerprint density at radius 1 is 1.00 bits per heavy atom. The average Bonchev–Trinajstić information content (AvgIpc) is 2.77. The summed E-state index contributed by atoms with van der Waals surface area (Å²) >= 11 is 0. The van der Waals surface area contributed by atoms with Crippen molar-refractivity contribution >= 4 is 28.8 Å². The van der Waals surface area contributed by atoms with Crippen LogP contribution in [0.2, 0.25) is 0 Å². The quantitative estimate of drug-likeness (QED) is 0.647. The van der Waals surface area contributed by atoms with E-state index in [0.717, 1.165) is 22.1 Å². The highest BCUT2D eigenvalue weighted by Crippen LogP contribution is 2.29. The average molecular weight is 268 g/mol. The van der Waals surface area contributed by atoms with E-state index in [1.54, 1.807) is 13.2 Å². The SMILES string of the molecule is COc1ccc(/C=C2/NC(=O)NC2=O)c2ccccc12. The summed E-state index contributed by atoms with van der Waals surface area (Å²) in [5.41, 5.74) is 1.08. The van der Waals surface area contributed by atoms with Crippen LogP contribution in [0.15, 0.2) is 42.1 Å². The minimum Gasteiger partial charge on any atom is -0.496 e. The Labute approximate surface area is 115 Å². The van der Waals surface area contributed by atoms with Crippen LogP contribution < -0.4 is 15.4 Å². The first-order valence-corrected chi connectivity index (χ1v) is 6.09. The second-order valence-corrected chi connectivity index (χ2v) is 4.37. The Kier molecular flexibility index (Phi) is 2.87. The molecule has 2 N–H and O–H groups in total. The predicted octanol–water partition coefficient (Wildman–Crippen LogP) is 2.03. The van der Waals surface area contributed by atoms with Gasteiger partial charge in [0.15, 0.2) is 0 Å². The van der Waals surface area contributed by atoms with E-state index in [0.29, 0.717) is 0 Å². The van der Waals surface area contributed by atoms with Crippen LogP contribution in [0.4, 0.5) is 4.79 Å². The van der Waals surface area contributed by atoms with Gasteiger partial charge in [-0.15, -0.1) is 0 Å². The summed E-state index contributed by atoms with van der Waals surface area (Å²) < 4.78 is 5.32. The number of carbonyl (C=O) groups excluding carboxylic acids is 2. The number of imide groups is 1. The van der Waals surface area contributed by atoms with Gasteiger partial charge in [0.25, 0.3) is 5.91 Å². The fourth-order valence-corrected chi connectivity index (χ4v) is 2.24. The molecule has 3 rings (SSSR count). The van der Waals surface area contributed by atoms with Gasteiger partial charge >= 0.3 is 6.03 Å². The summed E-state index contributed by atoms with van der Waals surface area (Å²) in [6.45, 7) is 0. The molecule has 0 aliphatic carbocycles. The number of nitrogens with one attached hydrogen (secondary N) is 2. The molecular weight excluding hydrogens is 256 g/mol. The minimum atomic E-state index is -0.501. The molecule has 0 radical (unpaired) electrons. The van der Waals surface area contributed by atoms with Crippen LogP contribution in [0.1, 0.15) is 5.56 Å². The van der Waals surface area contributed by atoms with E-state index in [1.807, 2.05) is 36.4 Å². The third-order valence-electron chi connectivity index (χ3n) is 3.16. The molecule has 5 nitrogen and oxygen atoms in total. The van der Waals surface area contributed by atoms with Gasteiger partial charge in [-0.25, -0.2) is 4.79 Å². The smallest absolute Gasteiger partial charge is 0.326 e. The number of amides is 3. The standard InChI is InChI=1S/C15H12N2O3/c1-20-13-7-6-9(10-4-2-3-5-11(10)13)8-12-14(18)17-15(19)16-12/h2-8H,1H3,(H2,16,17,18,19)/b12-8+. The lowest BCUT2D eigenvalue weighted by atomic mass is 10.0. The van der Waals surface area contributed by atoms with Crippen LogP contribution >= 0.6 is 0 Å². The van der Waals surface area contributed by atoms with E-state index in [9.17, 15) is 9.59 Å². The molecule has 1 heterocycles. The summed E-state index contributed by atoms with van der Waals surface area (Å²) in [6.07, 6.45) is 1.65. The maximum atomic E-state index is 11.6. The van der Waals surface area contributed by atoms with E-state index < -0.39 is 11.9 Å². The maximum Gasteiger partial charge on any atom is 0.326 e. The van der Waals surface area contributed by atoms with Gasteiger partial charge in [0.1, 0.15) is 11.4 Å². The fraction of sp³-hybridized carbons (Fsp3) is 0.0667. The molecule has 1 aliphatic rings. The van der Waals surface area contributed by atoms with E-state index in [1.165, 1.54) is 0 Å². The van der Waals surface area contributed by atoms with E-state index in [-0.39, 0.29) is 5.70 Å². The Balaban J connectivity index is 2.16. The van der Waals surface area contributed by atoms with Gasteiger partial charge in [0.2, 0.25) is 0 Å². The van der Waals surface area contributed by atoms with Gasteiger partial charge in [-0.3, -0.25) is 10.1 Å². The molecule has 0 spiro atoms. The summed E-state index contributed by atoms with van der Waals surface area (Å²) in [6, 6.07) is 10.9. The summed E-state index contributed by atoms with van der Waals surface area (Å²) in [7, 11) is 1.62. The topological polar surface area (TPSA) is 67.4 Å². The van der Waals surface area contributed by atoms with E-state index in [4.69, 9.17) is 4.74 Å². The van der Waals surface area contributed by atoms with Gasteiger partial charge in [-0.1, -0.05) is 30.3 Å². The Bertz CT molecular complexity index is 750. The highest BCUT2D eigenvalue weighted by Gasteiger charge is 2.23. The summed E-state index contributed by atoms with van der Waals surface area (Å²) in [4.78, 5) is 22.7. The lowest BCUT2D eigenvalue weighted by molar-refractivity contribution is -0.115. The molecule has 2 aromatic rings. The number of methoxy groups -OCH3 is 1. The third kappa shape index (κ3) is 1.99. The van der Waals surface area contributed by atoms with Crippen LogP contribution in [0.5, 0.6) is 5.75 Å². The fourth-order valence-electron chi connectivity index (χ4n) is 2.24. The van der Waals surface area contributed by atoms with Crippen LogP contribution in [0.3, 0.4) is 0 Å². The molecule has 100 valence electrons. The largest absolute Gasteiger partial charge is 0.496 e. The molecule has 0 aromatic heterocycles. The van der Waals surface area contributed by atoms with E-state index >= 15 is 0 Å². The number of fused-ring (bicyclic) bond motifs is 1. The molecule has 0 unspecified atom stereocenters. The van der Waals surface area contributed by atoms with E-state index in [2.05, 4.69) is 10.6 Å². The predicted molar refractivity (Wildman–Crippen MR) is 75.2 cm³/mol. The molecule has 3 amide bonds. The van der Waals surface area contributed by atoms with Gasteiger partial charge < -0.3 is 10.1 Å². The second-order valence-electron chi connectivity index (χ2n) is 4.37. The monoisotopic (exact) mass is 268 g/mol. The minimum absolute atomic E-state index is 0.241. The Morgan fingerprint density at radius 2 is 1.75 bits per heavy atom. The molecule has 0 bridgehead atoms. The lowest BCUT2D eigenvalue weighted by Gasteiger charge is -2.08. The molecule has 1 saturated heterocycles. The number of urea groups is 1. The van der Waals surface area contributed by atoms with Gasteiger partial charge in [-0.2, -0.15) is 0 Å². The first-order chi connectivity index (χ1) is 9.69. The van der Waals surface area contributed by atoms with Crippen molar-refractivity contribution in [2.24, 2.45) is 0 Å². The zero-order valence-corrected chi connectivity index (χ0v) is 10.8. The molecular formula is C15H12N2O3. The maximum absolute atomic E-state index is 11.6. The van der Waals surface area contributed by atoms with Crippen molar-refractivity contribution in [3.8, 4) is 5.75 Å². The van der Waals surface area contributed by atoms with Crippen LogP contribution in [-0.4, -0.2) is 19.0 Å². The normalized spacial score (nSPS) is 16.4. The molecule has 2 aromatic carbocycles. The first-order valence-electron chi connectivity index (χ1n) is 6.09. The van der Waals surface area contributed by atoms with Crippen molar-refractivity contribution in [3.05, 3.63) is 47.7 Å². The first kappa shape index (κ1) is 12.2. The third-order valence-corrected chi connectivity index (χ3v) is 3.16. The highest BCUT2D eigenvalue weighted by atomic mass is 16.5. The number of rotatable bonds is 2. The molecule has 0 atom stereocenters. The number of hydrogen-bond donors (Lipinski definition) is 2. The van der Waals surface area contributed by atoms with Gasteiger partial charge in [-0.05, 0) is 23.1 Å². The van der Waals surface area contributed by atoms with Crippen LogP contribution in [0, 0.1) is 0 Å². The van der Waals surface area contributed by atoms with Crippen molar-refractivity contribution in [2.75, 3.05) is 7.11 Å². The zero-order valence-electron chi connectivity index (χ0n) is 10.8. The van der Waals surface area contributed by atoms with Crippen molar-refractivity contribution in [1.82, 2.24) is 10.6 Å². The van der Waals surface area contributed by atoms with Crippen molar-refractivity contribution in [2.45, 2.75) is 0 Å². The Hall–Kier alpha value is -2.82. The highest BCUT2D eigenvalue weighted by molar-refractivity contribution is 6.14. The van der Waals surface area contributed by atoms with Crippen molar-refractivity contribution in [3.63, 3.8) is 0 Å². The molecule has 1 fully saturated rings. The van der Waals surface area contributed by atoms with Crippen molar-refractivity contribution in [1.29, 1.82) is 0 Å². The molecule has 1 aliphatic heterocycles. The van der Waals surface area contributed by atoms with Crippen molar-refractivity contribution < 1.29 is 14.3 Å². The second kappa shape index (κ2) is 4.70. The number of ether oxygens (including phenoxy) is 1. The van der Waals surface area contributed by atoms with Gasteiger partial charge in [0, 0.05) is 5.39 Å². The summed E-state index contributed by atoms with van der Waals surface area (Å²) in [5, 5.41) is 6.56. The van der Waals surface area contributed by atoms with Crippen LogP contribution in [-0.2, 0) is 4.79 Å². The summed E-state index contributed by atoms with van der Waals surface area (Å²) in [5.74, 6) is 0.345. The molecule has 5 heteroatoms. The van der Waals surface area contributed by atoms with Crippen LogP contribution in [0.25, 0.3) is 16.8 Å². The number of carbonyl (C=O) groups is 2. The zero-order chi connectivity index (χ0) is 14.1. The Morgan fingerprint density at radius 3 is 2.40 bits per heavy atom. The lowest BCUT2D eigenvalue weighted by Crippen LogP contribution is -2.22. The molecule has 0 saturated carbocycles. The number of hydrogen-bond acceptors (Lipinski definition) is 3. The van der Waals surface area contributed by atoms with Gasteiger partial charge in [0.05, 0.1) is 7.11 Å². The number of benzene rings is 2.